The smallest absolute Gasteiger partial charge is 0.210 e. The van der Waals surface area contributed by atoms with Crippen LogP contribution in [0, 0.1) is 0 Å². The minimum atomic E-state index is 0.693. The first-order valence-corrected chi connectivity index (χ1v) is 5.74. The Morgan fingerprint density at radius 2 is 2.21 bits per heavy atom. The Morgan fingerprint density at radius 1 is 1.36 bits per heavy atom. The van der Waals surface area contributed by atoms with E-state index in [1.54, 1.807) is 0 Å². The summed E-state index contributed by atoms with van der Waals surface area (Å²) in [5, 5.41) is 12.3. The second-order valence-electron chi connectivity index (χ2n) is 2.50. The van der Waals surface area contributed by atoms with Crippen molar-refractivity contribution in [1.82, 2.24) is 10.2 Å². The van der Waals surface area contributed by atoms with Crippen LogP contribution in [0.3, 0.4) is 0 Å². The molecule has 0 saturated heterocycles. The van der Waals surface area contributed by atoms with E-state index in [1.165, 1.54) is 11.3 Å². The van der Waals surface area contributed by atoms with Gasteiger partial charge in [0.25, 0.3) is 0 Å². The van der Waals surface area contributed by atoms with E-state index in [2.05, 4.69) is 31.4 Å². The highest BCUT2D eigenvalue weighted by Crippen LogP contribution is 2.24. The van der Waals surface area contributed by atoms with Crippen molar-refractivity contribution in [2.45, 2.75) is 0 Å². The second kappa shape index (κ2) is 4.25. The van der Waals surface area contributed by atoms with Crippen LogP contribution in [0.4, 0.5) is 10.8 Å². The molecule has 3 nitrogen and oxygen atoms in total. The predicted octanol–water partition coefficient (Wildman–Crippen LogP) is 3.70. The van der Waals surface area contributed by atoms with Gasteiger partial charge in [0.15, 0.2) is 3.92 Å². The van der Waals surface area contributed by atoms with Gasteiger partial charge in [-0.2, -0.15) is 0 Å². The minimum Gasteiger partial charge on any atom is -0.330 e. The average molecular weight is 291 g/mol. The van der Waals surface area contributed by atoms with E-state index in [0.717, 1.165) is 14.7 Å². The molecular formula is C8H5BrClN3S. The molecule has 0 atom stereocenters. The van der Waals surface area contributed by atoms with Crippen molar-refractivity contribution < 1.29 is 0 Å². The van der Waals surface area contributed by atoms with E-state index >= 15 is 0 Å². The molecule has 0 spiro atoms. The van der Waals surface area contributed by atoms with E-state index in [4.69, 9.17) is 11.6 Å². The van der Waals surface area contributed by atoms with E-state index in [1.807, 2.05) is 24.3 Å². The summed E-state index contributed by atoms with van der Waals surface area (Å²) in [6.45, 7) is 0. The van der Waals surface area contributed by atoms with Crippen LogP contribution in [0.5, 0.6) is 0 Å². The zero-order valence-corrected chi connectivity index (χ0v) is 10.0. The maximum absolute atomic E-state index is 5.83. The Labute approximate surface area is 98.3 Å². The minimum absolute atomic E-state index is 0.693. The standard InChI is InChI=1S/C8H5BrClN3S/c9-7-12-13-8(14-7)11-6-3-1-2-5(10)4-6/h1-4H,(H,11,13). The highest BCUT2D eigenvalue weighted by atomic mass is 79.9. The number of rotatable bonds is 2. The van der Waals surface area contributed by atoms with Crippen molar-refractivity contribution in [2.24, 2.45) is 0 Å². The van der Waals surface area contributed by atoms with Gasteiger partial charge in [-0.3, -0.25) is 0 Å². The molecule has 0 bridgehead atoms. The summed E-state index contributed by atoms with van der Waals surface area (Å²) in [5.41, 5.74) is 0.904. The molecule has 0 radical (unpaired) electrons. The number of hydrogen-bond acceptors (Lipinski definition) is 4. The first-order chi connectivity index (χ1) is 6.74. The Balaban J connectivity index is 2.18. The molecule has 0 aliphatic carbocycles. The van der Waals surface area contributed by atoms with Crippen molar-refractivity contribution in [1.29, 1.82) is 0 Å². The third-order valence-electron chi connectivity index (χ3n) is 1.48. The van der Waals surface area contributed by atoms with Crippen LogP contribution in [0.15, 0.2) is 28.2 Å². The van der Waals surface area contributed by atoms with Gasteiger partial charge in [0.05, 0.1) is 0 Å². The summed E-state index contributed by atoms with van der Waals surface area (Å²) in [5.74, 6) is 0. The van der Waals surface area contributed by atoms with Crippen LogP contribution in [0.2, 0.25) is 5.02 Å². The van der Waals surface area contributed by atoms with E-state index < -0.39 is 0 Å². The van der Waals surface area contributed by atoms with Crippen LogP contribution >= 0.6 is 38.9 Å². The van der Waals surface area contributed by atoms with Gasteiger partial charge in [-0.05, 0) is 34.1 Å². The first kappa shape index (κ1) is 9.89. The first-order valence-electron chi connectivity index (χ1n) is 3.75. The molecule has 0 aliphatic heterocycles. The maximum Gasteiger partial charge on any atom is 0.210 e. The summed E-state index contributed by atoms with van der Waals surface area (Å²) >= 11 is 10.5. The fourth-order valence-corrected chi connectivity index (χ4v) is 2.17. The topological polar surface area (TPSA) is 37.8 Å². The molecule has 2 rings (SSSR count). The summed E-state index contributed by atoms with van der Waals surface area (Å²) in [6.07, 6.45) is 0. The third kappa shape index (κ3) is 2.43. The average Bonchev–Trinajstić information content (AvgIpc) is 2.51. The Bertz CT molecular complexity index is 446. The van der Waals surface area contributed by atoms with Gasteiger partial charge in [-0.1, -0.05) is 29.0 Å². The lowest BCUT2D eigenvalue weighted by atomic mass is 10.3. The number of benzene rings is 1. The quantitative estimate of drug-likeness (QED) is 0.916. The molecule has 0 unspecified atom stereocenters. The monoisotopic (exact) mass is 289 g/mol. The van der Waals surface area contributed by atoms with Crippen molar-refractivity contribution in [3.63, 3.8) is 0 Å². The number of nitrogens with one attached hydrogen (secondary N) is 1. The van der Waals surface area contributed by atoms with Gasteiger partial charge >= 0.3 is 0 Å². The van der Waals surface area contributed by atoms with Crippen LogP contribution in [0.1, 0.15) is 0 Å². The number of hydrogen-bond donors (Lipinski definition) is 1. The van der Waals surface area contributed by atoms with Gasteiger partial charge < -0.3 is 5.32 Å². The van der Waals surface area contributed by atoms with Gasteiger partial charge in [0.1, 0.15) is 0 Å². The molecule has 1 aromatic carbocycles. The van der Waals surface area contributed by atoms with Crippen LogP contribution in [-0.2, 0) is 0 Å². The number of nitrogens with zero attached hydrogens (tertiary/aromatic N) is 2. The number of halogens is 2. The maximum atomic E-state index is 5.83. The van der Waals surface area contributed by atoms with Gasteiger partial charge in [0, 0.05) is 10.7 Å². The van der Waals surface area contributed by atoms with Crippen molar-refractivity contribution >= 4 is 49.7 Å². The SMILES string of the molecule is Clc1cccc(Nc2nnc(Br)s2)c1. The fraction of sp³-hybridized carbons (Fsp3) is 0. The molecule has 1 N–H and O–H groups in total. The lowest BCUT2D eigenvalue weighted by molar-refractivity contribution is 1.07. The molecule has 1 heterocycles. The fourth-order valence-electron chi connectivity index (χ4n) is 0.946. The molecule has 0 aliphatic rings. The molecule has 0 saturated carbocycles. The van der Waals surface area contributed by atoms with E-state index in [0.29, 0.717) is 5.02 Å². The van der Waals surface area contributed by atoms with Crippen molar-refractivity contribution in [3.8, 4) is 0 Å². The highest BCUT2D eigenvalue weighted by Gasteiger charge is 2.01. The molecule has 6 heteroatoms. The third-order valence-corrected chi connectivity index (χ3v) is 2.98. The van der Waals surface area contributed by atoms with Crippen LogP contribution < -0.4 is 5.32 Å². The largest absolute Gasteiger partial charge is 0.330 e. The van der Waals surface area contributed by atoms with Crippen LogP contribution in [-0.4, -0.2) is 10.2 Å². The lowest BCUT2D eigenvalue weighted by Crippen LogP contribution is -1.88. The summed E-state index contributed by atoms with van der Waals surface area (Å²) in [7, 11) is 0. The Hall–Kier alpha value is -0.650. The van der Waals surface area contributed by atoms with Gasteiger partial charge in [0.2, 0.25) is 5.13 Å². The molecule has 0 amide bonds. The Morgan fingerprint density at radius 3 is 2.86 bits per heavy atom. The molecule has 2 aromatic rings. The van der Waals surface area contributed by atoms with Crippen molar-refractivity contribution in [3.05, 3.63) is 33.2 Å². The van der Waals surface area contributed by atoms with Gasteiger partial charge in [-0.15, -0.1) is 10.2 Å². The molecule has 72 valence electrons. The van der Waals surface area contributed by atoms with Crippen LogP contribution in [0.25, 0.3) is 0 Å². The summed E-state index contributed by atoms with van der Waals surface area (Å²) < 4.78 is 0.752. The van der Waals surface area contributed by atoms with E-state index in [-0.39, 0.29) is 0 Å². The second-order valence-corrected chi connectivity index (χ2v) is 5.19. The molecule has 14 heavy (non-hydrogen) atoms. The lowest BCUT2D eigenvalue weighted by Gasteiger charge is -2.00. The zero-order chi connectivity index (χ0) is 9.97. The number of anilines is 2. The number of aromatic nitrogens is 2. The zero-order valence-electron chi connectivity index (χ0n) is 6.87. The summed E-state index contributed by atoms with van der Waals surface area (Å²) in [6, 6.07) is 7.45. The van der Waals surface area contributed by atoms with Gasteiger partial charge in [-0.25, -0.2) is 0 Å². The predicted molar refractivity (Wildman–Crippen MR) is 62.3 cm³/mol. The van der Waals surface area contributed by atoms with Crippen molar-refractivity contribution in [2.75, 3.05) is 5.32 Å². The van der Waals surface area contributed by atoms with E-state index in [9.17, 15) is 0 Å². The summed E-state index contributed by atoms with van der Waals surface area (Å²) in [4.78, 5) is 0. The molecular weight excluding hydrogens is 286 g/mol. The molecule has 1 aromatic heterocycles. The highest BCUT2D eigenvalue weighted by molar-refractivity contribution is 9.11. The normalized spacial score (nSPS) is 10.1. The molecule has 0 fully saturated rings. The Kier molecular flexibility index (Phi) is 3.00.